The van der Waals surface area contributed by atoms with E-state index in [4.69, 9.17) is 7.98 Å². The Balaban J connectivity index is 2.98. The van der Waals surface area contributed by atoms with Crippen molar-refractivity contribution in [1.29, 1.82) is 0 Å². The second kappa shape index (κ2) is 4.63. The smallest absolute Gasteiger partial charge is 0.293 e. The van der Waals surface area contributed by atoms with Gasteiger partial charge in [0.1, 0.15) is 15.8 Å². The van der Waals surface area contributed by atoms with Gasteiger partial charge in [-0.1, -0.05) is 23.8 Å². The number of aryl methyl sites for hydroxylation is 1. The normalized spacial score (nSPS) is 12.3. The van der Waals surface area contributed by atoms with E-state index in [1.54, 1.807) is 25.1 Å². The van der Waals surface area contributed by atoms with Crippen LogP contribution in [0.4, 0.5) is 5.69 Å². The molecular weight excluding hydrogens is 267 g/mol. The molecule has 0 aliphatic heterocycles. The molecule has 2 aromatic rings. The highest BCUT2D eigenvalue weighted by Gasteiger charge is 2.17. The van der Waals surface area contributed by atoms with Crippen LogP contribution in [0.2, 0.25) is 0 Å². The van der Waals surface area contributed by atoms with Crippen LogP contribution in [0, 0.1) is 6.92 Å². The Morgan fingerprint density at radius 2 is 2.00 bits per heavy atom. The molecule has 0 heterocycles. The lowest BCUT2D eigenvalue weighted by Crippen LogP contribution is -1.99. The van der Waals surface area contributed by atoms with Gasteiger partial charge in [0.25, 0.3) is 7.98 Å². The minimum Gasteiger partial charge on any atom is -0.744 e. The van der Waals surface area contributed by atoms with Crippen LogP contribution in [0.15, 0.2) is 39.3 Å². The standard InChI is InChI=1S/C11H9BN2O4S/c1-6-2-3-8-7(4-6)5-9(19(16,17)18)10(11(8)15)13-14-12/h2-5,15H,1H3,(H,16,17,18)/p-1. The molecule has 0 aliphatic rings. The highest BCUT2D eigenvalue weighted by atomic mass is 32.2. The molecule has 0 amide bonds. The number of nitrogens with zero attached hydrogens (tertiary/aromatic N) is 2. The van der Waals surface area contributed by atoms with Gasteiger partial charge in [-0.3, -0.25) is 5.03 Å². The Morgan fingerprint density at radius 1 is 1.32 bits per heavy atom. The van der Waals surface area contributed by atoms with E-state index in [1.807, 2.05) is 0 Å². The number of aromatic hydroxyl groups is 1. The number of hydrogen-bond acceptors (Lipinski definition) is 6. The summed E-state index contributed by atoms with van der Waals surface area (Å²) in [6, 6.07) is 6.12. The monoisotopic (exact) mass is 275 g/mol. The average Bonchev–Trinajstić information content (AvgIpc) is 2.31. The van der Waals surface area contributed by atoms with Crippen LogP contribution in [0.5, 0.6) is 5.75 Å². The van der Waals surface area contributed by atoms with Crippen molar-refractivity contribution >= 4 is 34.6 Å². The Bertz CT molecular complexity index is 787. The number of fused-ring (bicyclic) bond motifs is 1. The first-order valence-electron chi connectivity index (χ1n) is 5.17. The van der Waals surface area contributed by atoms with Crippen LogP contribution in [-0.4, -0.2) is 26.1 Å². The van der Waals surface area contributed by atoms with Crippen LogP contribution in [0.1, 0.15) is 5.56 Å². The van der Waals surface area contributed by atoms with Gasteiger partial charge in [0.05, 0.1) is 4.90 Å². The zero-order chi connectivity index (χ0) is 14.2. The fourth-order valence-electron chi connectivity index (χ4n) is 1.82. The summed E-state index contributed by atoms with van der Waals surface area (Å²) in [6.45, 7) is 1.80. The second-order valence-corrected chi connectivity index (χ2v) is 5.31. The molecule has 0 aliphatic carbocycles. The molecule has 8 heteroatoms. The Morgan fingerprint density at radius 3 is 2.58 bits per heavy atom. The summed E-state index contributed by atoms with van der Waals surface area (Å²) in [5, 5.41) is 17.0. The van der Waals surface area contributed by atoms with E-state index in [0.717, 1.165) is 11.6 Å². The number of phenols is 1. The summed E-state index contributed by atoms with van der Waals surface area (Å²) < 4.78 is 33.6. The maximum absolute atomic E-state index is 11.2. The summed E-state index contributed by atoms with van der Waals surface area (Å²) in [6.07, 6.45) is 0. The lowest BCUT2D eigenvalue weighted by atomic mass is 10.1. The highest BCUT2D eigenvalue weighted by Crippen LogP contribution is 2.40. The Hall–Kier alpha value is -1.93. The van der Waals surface area contributed by atoms with Gasteiger partial charge in [0.2, 0.25) is 0 Å². The molecule has 0 spiro atoms. The van der Waals surface area contributed by atoms with Crippen LogP contribution >= 0.6 is 0 Å². The van der Waals surface area contributed by atoms with Crippen molar-refractivity contribution in [2.45, 2.75) is 11.8 Å². The van der Waals surface area contributed by atoms with Gasteiger partial charge >= 0.3 is 0 Å². The van der Waals surface area contributed by atoms with Crippen LogP contribution in [0.3, 0.4) is 0 Å². The average molecular weight is 275 g/mol. The molecular formula is C11H8BN2O4S-. The van der Waals surface area contributed by atoms with E-state index in [9.17, 15) is 18.1 Å². The van der Waals surface area contributed by atoms with Gasteiger partial charge in [-0.05, 0) is 18.4 Å². The zero-order valence-electron chi connectivity index (χ0n) is 9.86. The number of hydrogen-bond donors (Lipinski definition) is 1. The van der Waals surface area contributed by atoms with Crippen molar-refractivity contribution in [1.82, 2.24) is 0 Å². The van der Waals surface area contributed by atoms with Crippen LogP contribution in [-0.2, 0) is 10.1 Å². The van der Waals surface area contributed by atoms with E-state index in [2.05, 4.69) is 10.1 Å². The predicted octanol–water partition coefficient (Wildman–Crippen LogP) is 1.93. The van der Waals surface area contributed by atoms with Gasteiger partial charge in [0, 0.05) is 5.39 Å². The Labute approximate surface area is 111 Å². The van der Waals surface area contributed by atoms with E-state index in [0.29, 0.717) is 10.8 Å². The lowest BCUT2D eigenvalue weighted by molar-refractivity contribution is 0.459. The molecule has 0 atom stereocenters. The summed E-state index contributed by atoms with van der Waals surface area (Å²) in [5.74, 6) is -0.443. The molecule has 2 radical (unpaired) electrons. The van der Waals surface area contributed by atoms with Gasteiger partial charge in [-0.25, -0.2) is 8.42 Å². The van der Waals surface area contributed by atoms with Gasteiger partial charge < -0.3 is 9.66 Å². The first-order chi connectivity index (χ1) is 8.84. The molecule has 2 rings (SSSR count). The maximum Gasteiger partial charge on any atom is 0.293 e. The van der Waals surface area contributed by atoms with Crippen molar-refractivity contribution in [2.75, 3.05) is 0 Å². The van der Waals surface area contributed by atoms with Crippen molar-refractivity contribution in [2.24, 2.45) is 10.1 Å². The molecule has 0 aromatic heterocycles. The fraction of sp³-hybridized carbons (Fsp3) is 0.0909. The molecule has 0 saturated carbocycles. The zero-order valence-corrected chi connectivity index (χ0v) is 10.7. The molecule has 2 aromatic carbocycles. The van der Waals surface area contributed by atoms with E-state index in [1.165, 1.54) is 0 Å². The third-order valence-electron chi connectivity index (χ3n) is 2.63. The van der Waals surface area contributed by atoms with E-state index in [-0.39, 0.29) is 0 Å². The lowest BCUT2D eigenvalue weighted by Gasteiger charge is -2.13. The minimum absolute atomic E-state index is 0.361. The van der Waals surface area contributed by atoms with Crippen molar-refractivity contribution < 1.29 is 18.1 Å². The molecule has 6 nitrogen and oxygen atoms in total. The summed E-state index contributed by atoms with van der Waals surface area (Å²) in [7, 11) is 0.0584. The number of benzene rings is 2. The van der Waals surface area contributed by atoms with Crippen LogP contribution < -0.4 is 0 Å². The molecule has 0 fully saturated rings. The number of phenolic OH excluding ortho intramolecular Hbond substituents is 1. The molecule has 96 valence electrons. The van der Waals surface area contributed by atoms with Crippen molar-refractivity contribution in [3.05, 3.63) is 29.8 Å². The van der Waals surface area contributed by atoms with Crippen molar-refractivity contribution in [3.8, 4) is 5.75 Å². The maximum atomic E-state index is 11.2. The first kappa shape index (κ1) is 13.5. The van der Waals surface area contributed by atoms with Gasteiger partial charge in [0.15, 0.2) is 5.75 Å². The molecule has 0 saturated heterocycles. The van der Waals surface area contributed by atoms with Crippen LogP contribution in [0.25, 0.3) is 10.8 Å². The van der Waals surface area contributed by atoms with Gasteiger partial charge in [-0.15, -0.1) is 0 Å². The van der Waals surface area contributed by atoms with E-state index >= 15 is 0 Å². The van der Waals surface area contributed by atoms with Crippen molar-refractivity contribution in [3.63, 3.8) is 0 Å². The van der Waals surface area contributed by atoms with Gasteiger partial charge in [-0.2, -0.15) is 5.11 Å². The summed E-state index contributed by atoms with van der Waals surface area (Å²) in [5.41, 5.74) is 0.406. The van der Waals surface area contributed by atoms with E-state index < -0.39 is 26.5 Å². The fourth-order valence-corrected chi connectivity index (χ4v) is 2.46. The Kier molecular flexibility index (Phi) is 3.29. The second-order valence-electron chi connectivity index (χ2n) is 3.97. The third kappa shape index (κ3) is 2.45. The third-order valence-corrected chi connectivity index (χ3v) is 3.48. The minimum atomic E-state index is -4.80. The number of rotatable bonds is 2. The molecule has 19 heavy (non-hydrogen) atoms. The largest absolute Gasteiger partial charge is 0.744 e. The molecule has 1 N–H and O–H groups in total. The summed E-state index contributed by atoms with van der Waals surface area (Å²) >= 11 is 0. The highest BCUT2D eigenvalue weighted by molar-refractivity contribution is 7.86. The first-order valence-corrected chi connectivity index (χ1v) is 6.58. The molecule has 0 bridgehead atoms. The summed E-state index contributed by atoms with van der Waals surface area (Å²) in [4.78, 5) is -0.655. The SMILES string of the molecule is [B]N=Nc1c(S(=O)(=O)[O-])cc2cc(C)ccc2c1O. The topological polar surface area (TPSA) is 102 Å². The predicted molar refractivity (Wildman–Crippen MR) is 68.6 cm³/mol. The quantitative estimate of drug-likeness (QED) is 0.513. The molecule has 0 unspecified atom stereocenters.